The molecule has 0 aromatic rings. The van der Waals surface area contributed by atoms with Crippen LogP contribution in [0.15, 0.2) is 0 Å². The summed E-state index contributed by atoms with van der Waals surface area (Å²) >= 11 is 0. The van der Waals surface area contributed by atoms with Crippen LogP contribution in [0.5, 0.6) is 0 Å². The van der Waals surface area contributed by atoms with E-state index in [0.29, 0.717) is 12.5 Å². The molecule has 0 saturated heterocycles. The summed E-state index contributed by atoms with van der Waals surface area (Å²) in [6.45, 7) is 5.14. The van der Waals surface area contributed by atoms with Gasteiger partial charge in [0.15, 0.2) is 0 Å². The van der Waals surface area contributed by atoms with Crippen molar-refractivity contribution in [2.45, 2.75) is 77.2 Å². The molecule has 1 nitrogen and oxygen atoms in total. The standard InChI is InChI=1S/C14H27F2N/c1-3-4-5-6-7-12(2)17-11-13-8-9-14(15,16)10-13/h12-13,17H,3-11H2,1-2H3. The van der Waals surface area contributed by atoms with Crippen LogP contribution in [0.4, 0.5) is 8.78 Å². The highest BCUT2D eigenvalue weighted by molar-refractivity contribution is 4.82. The molecule has 0 bridgehead atoms. The Balaban J connectivity index is 2.02. The van der Waals surface area contributed by atoms with Crippen molar-refractivity contribution in [2.75, 3.05) is 6.54 Å². The minimum Gasteiger partial charge on any atom is -0.314 e. The third-order valence-corrected chi connectivity index (χ3v) is 3.75. The van der Waals surface area contributed by atoms with E-state index in [1.54, 1.807) is 0 Å². The summed E-state index contributed by atoms with van der Waals surface area (Å²) in [6, 6.07) is 0.473. The molecule has 1 saturated carbocycles. The summed E-state index contributed by atoms with van der Waals surface area (Å²) in [6.07, 6.45) is 7.14. The molecule has 1 aliphatic rings. The number of rotatable bonds is 8. The molecule has 1 aliphatic carbocycles. The first-order valence-corrected chi connectivity index (χ1v) is 7.14. The Bertz CT molecular complexity index is 206. The molecule has 0 radical (unpaired) electrons. The van der Waals surface area contributed by atoms with Crippen LogP contribution in [0.3, 0.4) is 0 Å². The van der Waals surface area contributed by atoms with Gasteiger partial charge in [-0.05, 0) is 32.2 Å². The van der Waals surface area contributed by atoms with Crippen LogP contribution >= 0.6 is 0 Å². The molecular formula is C14H27F2N. The van der Waals surface area contributed by atoms with Gasteiger partial charge in [-0.2, -0.15) is 0 Å². The maximum atomic E-state index is 13.0. The Kier molecular flexibility index (Phi) is 6.39. The van der Waals surface area contributed by atoms with E-state index >= 15 is 0 Å². The van der Waals surface area contributed by atoms with Crippen molar-refractivity contribution in [3.63, 3.8) is 0 Å². The molecule has 2 atom stereocenters. The molecule has 0 spiro atoms. The van der Waals surface area contributed by atoms with E-state index in [4.69, 9.17) is 0 Å². The zero-order chi connectivity index (χ0) is 12.7. The SMILES string of the molecule is CCCCCCC(C)NCC1CCC(F)(F)C1. The molecular weight excluding hydrogens is 220 g/mol. The van der Waals surface area contributed by atoms with Gasteiger partial charge in [0.1, 0.15) is 0 Å². The van der Waals surface area contributed by atoms with Crippen molar-refractivity contribution in [3.05, 3.63) is 0 Å². The van der Waals surface area contributed by atoms with Crippen molar-refractivity contribution < 1.29 is 8.78 Å². The predicted octanol–water partition coefficient (Wildman–Crippen LogP) is 4.37. The molecule has 102 valence electrons. The molecule has 1 fully saturated rings. The van der Waals surface area contributed by atoms with Crippen LogP contribution < -0.4 is 5.32 Å². The van der Waals surface area contributed by atoms with Gasteiger partial charge in [-0.15, -0.1) is 0 Å². The van der Waals surface area contributed by atoms with E-state index in [1.165, 1.54) is 32.1 Å². The highest BCUT2D eigenvalue weighted by Gasteiger charge is 2.38. The molecule has 0 aliphatic heterocycles. The van der Waals surface area contributed by atoms with Crippen LogP contribution in [-0.2, 0) is 0 Å². The molecule has 3 heteroatoms. The number of unbranched alkanes of at least 4 members (excludes halogenated alkanes) is 3. The molecule has 0 aromatic heterocycles. The van der Waals surface area contributed by atoms with Crippen LogP contribution in [-0.4, -0.2) is 18.5 Å². The van der Waals surface area contributed by atoms with Gasteiger partial charge in [-0.1, -0.05) is 32.6 Å². The third-order valence-electron chi connectivity index (χ3n) is 3.75. The van der Waals surface area contributed by atoms with Crippen molar-refractivity contribution >= 4 is 0 Å². The first kappa shape index (κ1) is 14.9. The second-order valence-electron chi connectivity index (χ2n) is 5.62. The van der Waals surface area contributed by atoms with Gasteiger partial charge < -0.3 is 5.32 Å². The summed E-state index contributed by atoms with van der Waals surface area (Å²) in [5, 5.41) is 3.41. The summed E-state index contributed by atoms with van der Waals surface area (Å²) in [5.41, 5.74) is 0. The smallest absolute Gasteiger partial charge is 0.248 e. The van der Waals surface area contributed by atoms with E-state index < -0.39 is 5.92 Å². The Morgan fingerprint density at radius 1 is 1.29 bits per heavy atom. The average molecular weight is 247 g/mol. The van der Waals surface area contributed by atoms with Gasteiger partial charge in [-0.3, -0.25) is 0 Å². The summed E-state index contributed by atoms with van der Waals surface area (Å²) in [4.78, 5) is 0. The lowest BCUT2D eigenvalue weighted by atomic mass is 10.1. The van der Waals surface area contributed by atoms with E-state index in [1.807, 2.05) is 0 Å². The molecule has 0 heterocycles. The highest BCUT2D eigenvalue weighted by Crippen LogP contribution is 2.38. The predicted molar refractivity (Wildman–Crippen MR) is 68.5 cm³/mol. The summed E-state index contributed by atoms with van der Waals surface area (Å²) in [7, 11) is 0. The van der Waals surface area contributed by atoms with Crippen LogP contribution in [0.25, 0.3) is 0 Å². The molecule has 2 unspecified atom stereocenters. The van der Waals surface area contributed by atoms with E-state index in [-0.39, 0.29) is 18.8 Å². The highest BCUT2D eigenvalue weighted by atomic mass is 19.3. The van der Waals surface area contributed by atoms with Crippen molar-refractivity contribution in [1.82, 2.24) is 5.32 Å². The Labute approximate surface area is 104 Å². The fourth-order valence-corrected chi connectivity index (χ4v) is 2.56. The monoisotopic (exact) mass is 247 g/mol. The van der Waals surface area contributed by atoms with Crippen molar-refractivity contribution in [1.29, 1.82) is 0 Å². The van der Waals surface area contributed by atoms with Gasteiger partial charge in [-0.25, -0.2) is 8.78 Å². The maximum absolute atomic E-state index is 13.0. The number of hydrogen-bond acceptors (Lipinski definition) is 1. The molecule has 0 amide bonds. The van der Waals surface area contributed by atoms with Crippen LogP contribution in [0.2, 0.25) is 0 Å². The second-order valence-corrected chi connectivity index (χ2v) is 5.62. The Hall–Kier alpha value is -0.180. The maximum Gasteiger partial charge on any atom is 0.248 e. The van der Waals surface area contributed by atoms with E-state index in [0.717, 1.165) is 6.54 Å². The summed E-state index contributed by atoms with van der Waals surface area (Å²) in [5.74, 6) is -2.21. The molecule has 1 rings (SSSR count). The fourth-order valence-electron chi connectivity index (χ4n) is 2.56. The van der Waals surface area contributed by atoms with E-state index in [9.17, 15) is 8.78 Å². The third kappa shape index (κ3) is 6.35. The lowest BCUT2D eigenvalue weighted by Crippen LogP contribution is -2.30. The number of alkyl halides is 2. The topological polar surface area (TPSA) is 12.0 Å². The Morgan fingerprint density at radius 3 is 2.65 bits per heavy atom. The molecule has 0 aromatic carbocycles. The van der Waals surface area contributed by atoms with Gasteiger partial charge in [0.25, 0.3) is 0 Å². The quantitative estimate of drug-likeness (QED) is 0.628. The zero-order valence-corrected chi connectivity index (χ0v) is 11.3. The van der Waals surface area contributed by atoms with Gasteiger partial charge >= 0.3 is 0 Å². The zero-order valence-electron chi connectivity index (χ0n) is 11.3. The normalized spacial score (nSPS) is 25.1. The first-order chi connectivity index (χ1) is 8.03. The van der Waals surface area contributed by atoms with Crippen LogP contribution in [0.1, 0.15) is 65.2 Å². The molecule has 17 heavy (non-hydrogen) atoms. The summed E-state index contributed by atoms with van der Waals surface area (Å²) < 4.78 is 26.0. The number of halogens is 2. The minimum atomic E-state index is -2.39. The van der Waals surface area contributed by atoms with Gasteiger partial charge in [0, 0.05) is 18.9 Å². The van der Waals surface area contributed by atoms with Crippen molar-refractivity contribution in [2.24, 2.45) is 5.92 Å². The van der Waals surface area contributed by atoms with E-state index in [2.05, 4.69) is 19.2 Å². The lowest BCUT2D eigenvalue weighted by molar-refractivity contribution is 0.00499. The second kappa shape index (κ2) is 7.30. The van der Waals surface area contributed by atoms with Crippen LogP contribution in [0, 0.1) is 5.92 Å². The first-order valence-electron chi connectivity index (χ1n) is 7.14. The number of hydrogen-bond donors (Lipinski definition) is 1. The average Bonchev–Trinajstić information content (AvgIpc) is 2.62. The molecule has 1 N–H and O–H groups in total. The minimum absolute atomic E-state index is 0.0859. The van der Waals surface area contributed by atoms with Gasteiger partial charge in [0.05, 0.1) is 0 Å². The Morgan fingerprint density at radius 2 is 2.06 bits per heavy atom. The fraction of sp³-hybridized carbons (Fsp3) is 1.00. The number of nitrogens with one attached hydrogen (secondary N) is 1. The lowest BCUT2D eigenvalue weighted by Gasteiger charge is -2.17. The van der Waals surface area contributed by atoms with Gasteiger partial charge in [0.2, 0.25) is 5.92 Å². The largest absolute Gasteiger partial charge is 0.314 e. The van der Waals surface area contributed by atoms with Crippen molar-refractivity contribution in [3.8, 4) is 0 Å².